The highest BCUT2D eigenvalue weighted by Crippen LogP contribution is 2.25. The third-order valence-electron chi connectivity index (χ3n) is 3.90. The summed E-state index contributed by atoms with van der Waals surface area (Å²) in [4.78, 5) is 0. The summed E-state index contributed by atoms with van der Waals surface area (Å²) in [5.74, 6) is 0.920. The summed E-state index contributed by atoms with van der Waals surface area (Å²) < 4.78 is 28.7. The molecule has 0 aromatic carbocycles. The molecule has 2 fully saturated rings. The van der Waals surface area contributed by atoms with Gasteiger partial charge in [0.25, 0.3) is 10.2 Å². The Bertz CT molecular complexity index is 375. The zero-order chi connectivity index (χ0) is 13.3. The summed E-state index contributed by atoms with van der Waals surface area (Å²) in [6.45, 7) is 9.68. The Morgan fingerprint density at radius 3 is 2.28 bits per heavy atom. The van der Waals surface area contributed by atoms with E-state index in [0.29, 0.717) is 31.5 Å². The van der Waals surface area contributed by atoms with Crippen LogP contribution in [0.1, 0.15) is 27.2 Å². The number of rotatable bonds is 2. The van der Waals surface area contributed by atoms with Crippen LogP contribution in [0.15, 0.2) is 0 Å². The van der Waals surface area contributed by atoms with E-state index in [1.165, 1.54) is 0 Å². The van der Waals surface area contributed by atoms with E-state index in [0.717, 1.165) is 19.5 Å². The van der Waals surface area contributed by atoms with Gasteiger partial charge in [0.1, 0.15) is 0 Å². The summed E-state index contributed by atoms with van der Waals surface area (Å²) in [7, 11) is -3.27. The van der Waals surface area contributed by atoms with Crippen LogP contribution in [0, 0.1) is 11.8 Å². The Hall–Kier alpha value is -0.170. The van der Waals surface area contributed by atoms with Gasteiger partial charge in [0, 0.05) is 38.8 Å². The Morgan fingerprint density at radius 1 is 1.11 bits per heavy atom. The molecule has 0 aromatic rings. The number of hydrogen-bond acceptors (Lipinski definition) is 3. The van der Waals surface area contributed by atoms with Gasteiger partial charge in [-0.3, -0.25) is 0 Å². The number of piperazine rings is 1. The van der Waals surface area contributed by atoms with Crippen molar-refractivity contribution in [2.75, 3.05) is 32.7 Å². The van der Waals surface area contributed by atoms with Crippen LogP contribution in [0.5, 0.6) is 0 Å². The SMILES string of the molecule is C[C@@H]1C[C@H](C)CN(S(=O)(=O)N2CCNC[C@@H]2C)C1. The summed E-state index contributed by atoms with van der Waals surface area (Å²) in [6, 6.07) is 0.0521. The zero-order valence-electron chi connectivity index (χ0n) is 11.6. The quantitative estimate of drug-likeness (QED) is 0.798. The van der Waals surface area contributed by atoms with E-state index < -0.39 is 10.2 Å². The lowest BCUT2D eigenvalue weighted by Gasteiger charge is -2.40. The normalized spacial score (nSPS) is 36.7. The van der Waals surface area contributed by atoms with Crippen molar-refractivity contribution in [1.82, 2.24) is 13.9 Å². The fourth-order valence-corrected chi connectivity index (χ4v) is 5.14. The number of piperidine rings is 1. The molecule has 0 unspecified atom stereocenters. The second-order valence-electron chi connectivity index (χ2n) is 5.93. The highest BCUT2D eigenvalue weighted by Gasteiger charge is 2.37. The topological polar surface area (TPSA) is 52.7 Å². The predicted octanol–water partition coefficient (Wildman–Crippen LogP) is 0.503. The van der Waals surface area contributed by atoms with Crippen LogP contribution in [0.25, 0.3) is 0 Å². The Labute approximate surface area is 111 Å². The molecule has 2 heterocycles. The van der Waals surface area contributed by atoms with E-state index in [2.05, 4.69) is 19.2 Å². The lowest BCUT2D eigenvalue weighted by molar-refractivity contribution is 0.194. The second kappa shape index (κ2) is 5.45. The first kappa shape index (κ1) is 14.2. The van der Waals surface area contributed by atoms with Gasteiger partial charge in [-0.15, -0.1) is 0 Å². The molecule has 0 radical (unpaired) electrons. The maximum Gasteiger partial charge on any atom is 0.282 e. The van der Waals surface area contributed by atoms with Gasteiger partial charge in [0.2, 0.25) is 0 Å². The predicted molar refractivity (Wildman–Crippen MR) is 72.5 cm³/mol. The van der Waals surface area contributed by atoms with Crippen LogP contribution >= 0.6 is 0 Å². The molecule has 2 rings (SSSR count). The van der Waals surface area contributed by atoms with E-state index in [1.807, 2.05) is 6.92 Å². The standard InChI is InChI=1S/C12H25N3O2S/c1-10-6-11(2)9-14(8-10)18(16,17)15-5-4-13-7-12(15)3/h10-13H,4-9H2,1-3H3/t10-,11+,12-/m0/s1. The minimum atomic E-state index is -3.27. The summed E-state index contributed by atoms with van der Waals surface area (Å²) in [5.41, 5.74) is 0. The maximum absolute atomic E-state index is 12.7. The van der Waals surface area contributed by atoms with Gasteiger partial charge in [0.05, 0.1) is 0 Å². The number of hydrogen-bond donors (Lipinski definition) is 1. The minimum absolute atomic E-state index is 0.0521. The van der Waals surface area contributed by atoms with Gasteiger partial charge in [-0.05, 0) is 25.2 Å². The molecule has 0 aliphatic carbocycles. The van der Waals surface area contributed by atoms with Crippen molar-refractivity contribution < 1.29 is 8.42 Å². The average Bonchev–Trinajstić information content (AvgIpc) is 2.28. The smallest absolute Gasteiger partial charge is 0.282 e. The molecule has 3 atom stereocenters. The Morgan fingerprint density at radius 2 is 1.72 bits per heavy atom. The molecule has 106 valence electrons. The lowest BCUT2D eigenvalue weighted by Crippen LogP contribution is -2.58. The fraction of sp³-hybridized carbons (Fsp3) is 1.00. The molecule has 2 aliphatic heterocycles. The summed E-state index contributed by atoms with van der Waals surface area (Å²) >= 11 is 0. The largest absolute Gasteiger partial charge is 0.314 e. The van der Waals surface area contributed by atoms with Gasteiger partial charge in [-0.2, -0.15) is 17.0 Å². The first-order valence-corrected chi connectivity index (χ1v) is 8.28. The number of nitrogens with zero attached hydrogens (tertiary/aromatic N) is 2. The van der Waals surface area contributed by atoms with Crippen molar-refractivity contribution in [3.8, 4) is 0 Å². The second-order valence-corrected chi connectivity index (χ2v) is 7.82. The monoisotopic (exact) mass is 275 g/mol. The molecular weight excluding hydrogens is 250 g/mol. The molecule has 5 nitrogen and oxygen atoms in total. The van der Waals surface area contributed by atoms with Gasteiger partial charge in [0.15, 0.2) is 0 Å². The average molecular weight is 275 g/mol. The Balaban J connectivity index is 2.14. The number of nitrogens with one attached hydrogen (secondary N) is 1. The summed E-state index contributed by atoms with van der Waals surface area (Å²) in [5, 5.41) is 3.23. The van der Waals surface area contributed by atoms with Crippen molar-refractivity contribution in [3.63, 3.8) is 0 Å². The van der Waals surface area contributed by atoms with Gasteiger partial charge in [-0.1, -0.05) is 13.8 Å². The molecular formula is C12H25N3O2S. The van der Waals surface area contributed by atoms with Crippen LogP contribution in [-0.2, 0) is 10.2 Å². The van der Waals surface area contributed by atoms with Gasteiger partial charge >= 0.3 is 0 Å². The molecule has 0 saturated carbocycles. The van der Waals surface area contributed by atoms with Crippen LogP contribution in [0.2, 0.25) is 0 Å². The zero-order valence-corrected chi connectivity index (χ0v) is 12.4. The van der Waals surface area contributed by atoms with E-state index in [-0.39, 0.29) is 6.04 Å². The molecule has 2 saturated heterocycles. The highest BCUT2D eigenvalue weighted by atomic mass is 32.2. The van der Waals surface area contributed by atoms with Crippen molar-refractivity contribution in [1.29, 1.82) is 0 Å². The Kier molecular flexibility index (Phi) is 4.31. The first-order chi connectivity index (χ1) is 8.41. The molecule has 2 aliphatic rings. The first-order valence-electron chi connectivity index (χ1n) is 6.89. The molecule has 18 heavy (non-hydrogen) atoms. The third-order valence-corrected chi connectivity index (χ3v) is 5.98. The lowest BCUT2D eigenvalue weighted by atomic mass is 9.94. The van der Waals surface area contributed by atoms with Crippen LogP contribution < -0.4 is 5.32 Å². The molecule has 0 aromatic heterocycles. The van der Waals surface area contributed by atoms with Crippen molar-refractivity contribution in [2.24, 2.45) is 11.8 Å². The van der Waals surface area contributed by atoms with Gasteiger partial charge in [-0.25, -0.2) is 0 Å². The van der Waals surface area contributed by atoms with Crippen molar-refractivity contribution in [3.05, 3.63) is 0 Å². The van der Waals surface area contributed by atoms with E-state index in [9.17, 15) is 8.42 Å². The fourth-order valence-electron chi connectivity index (χ4n) is 3.11. The van der Waals surface area contributed by atoms with Crippen molar-refractivity contribution in [2.45, 2.75) is 33.2 Å². The molecule has 0 amide bonds. The van der Waals surface area contributed by atoms with E-state index in [1.54, 1.807) is 8.61 Å². The highest BCUT2D eigenvalue weighted by molar-refractivity contribution is 7.86. The molecule has 0 spiro atoms. The van der Waals surface area contributed by atoms with Crippen LogP contribution in [0.3, 0.4) is 0 Å². The van der Waals surface area contributed by atoms with E-state index in [4.69, 9.17) is 0 Å². The third kappa shape index (κ3) is 2.87. The maximum atomic E-state index is 12.7. The van der Waals surface area contributed by atoms with Gasteiger partial charge < -0.3 is 5.32 Å². The van der Waals surface area contributed by atoms with E-state index >= 15 is 0 Å². The summed E-state index contributed by atoms with van der Waals surface area (Å²) in [6.07, 6.45) is 1.13. The van der Waals surface area contributed by atoms with Crippen LogP contribution in [0.4, 0.5) is 0 Å². The molecule has 1 N–H and O–H groups in total. The van der Waals surface area contributed by atoms with Crippen molar-refractivity contribution >= 4 is 10.2 Å². The molecule has 6 heteroatoms. The minimum Gasteiger partial charge on any atom is -0.314 e. The molecule has 0 bridgehead atoms. The van der Waals surface area contributed by atoms with Crippen LogP contribution in [-0.4, -0.2) is 55.8 Å².